The summed E-state index contributed by atoms with van der Waals surface area (Å²) in [6.45, 7) is 13.1. The van der Waals surface area contributed by atoms with Gasteiger partial charge in [0.25, 0.3) is 0 Å². The zero-order valence-electron chi connectivity index (χ0n) is 20.5. The summed E-state index contributed by atoms with van der Waals surface area (Å²) in [7, 11) is 0. The van der Waals surface area contributed by atoms with Gasteiger partial charge in [0, 0.05) is 0 Å². The highest BCUT2D eigenvalue weighted by Gasteiger charge is 2.45. The number of hydrogen-bond acceptors (Lipinski definition) is 2. The monoisotopic (exact) mass is 458 g/mol. The molecular formula is C29H43ClO2. The lowest BCUT2D eigenvalue weighted by Crippen LogP contribution is -2.32. The highest BCUT2D eigenvalue weighted by Crippen LogP contribution is 2.57. The zero-order chi connectivity index (χ0) is 23.5. The highest BCUT2D eigenvalue weighted by atomic mass is 35.5. The van der Waals surface area contributed by atoms with Gasteiger partial charge in [0.1, 0.15) is 0 Å². The summed E-state index contributed by atoms with van der Waals surface area (Å²) in [6, 6.07) is 0. The smallest absolute Gasteiger partial charge is 0.0822 e. The molecular weight excluding hydrogens is 416 g/mol. The van der Waals surface area contributed by atoms with Crippen LogP contribution in [0.5, 0.6) is 0 Å². The van der Waals surface area contributed by atoms with E-state index < -0.39 is 5.60 Å². The summed E-state index contributed by atoms with van der Waals surface area (Å²) in [5, 5.41) is 20.5. The fraction of sp³-hybridized carbons (Fsp3) is 0.655. The minimum absolute atomic E-state index is 0.160. The van der Waals surface area contributed by atoms with Crippen LogP contribution < -0.4 is 0 Å². The van der Waals surface area contributed by atoms with Crippen LogP contribution in [0.1, 0.15) is 85.5 Å². The second-order valence-corrected chi connectivity index (χ2v) is 11.1. The number of hydrogen-bond donors (Lipinski definition) is 2. The van der Waals surface area contributed by atoms with Gasteiger partial charge in [-0.1, -0.05) is 75.8 Å². The molecule has 5 unspecified atom stereocenters. The van der Waals surface area contributed by atoms with Crippen molar-refractivity contribution in [1.82, 2.24) is 0 Å². The molecule has 0 spiro atoms. The van der Waals surface area contributed by atoms with E-state index in [4.69, 9.17) is 11.6 Å². The summed E-state index contributed by atoms with van der Waals surface area (Å²) < 4.78 is 0. The third-order valence-electron chi connectivity index (χ3n) is 8.51. The molecule has 0 aromatic heterocycles. The van der Waals surface area contributed by atoms with Gasteiger partial charge in [0.05, 0.1) is 17.1 Å². The first-order chi connectivity index (χ1) is 15.1. The number of aliphatic hydroxyl groups is 2. The van der Waals surface area contributed by atoms with Crippen LogP contribution in [0.4, 0.5) is 0 Å². The summed E-state index contributed by atoms with van der Waals surface area (Å²) in [5.41, 5.74) is 4.76. The van der Waals surface area contributed by atoms with E-state index in [0.29, 0.717) is 24.7 Å². The van der Waals surface area contributed by atoms with Gasteiger partial charge < -0.3 is 10.2 Å². The minimum atomic E-state index is -0.663. The Morgan fingerprint density at radius 1 is 1.31 bits per heavy atom. The van der Waals surface area contributed by atoms with Crippen LogP contribution in [0.25, 0.3) is 0 Å². The van der Waals surface area contributed by atoms with Crippen molar-refractivity contribution in [2.75, 3.05) is 0 Å². The van der Waals surface area contributed by atoms with E-state index >= 15 is 0 Å². The van der Waals surface area contributed by atoms with Crippen LogP contribution in [0.2, 0.25) is 0 Å². The molecule has 2 fully saturated rings. The second kappa shape index (κ2) is 10.5. The first-order valence-corrected chi connectivity index (χ1v) is 13.1. The molecule has 32 heavy (non-hydrogen) atoms. The van der Waals surface area contributed by atoms with E-state index in [9.17, 15) is 10.2 Å². The van der Waals surface area contributed by atoms with Crippen molar-refractivity contribution in [1.29, 1.82) is 0 Å². The Kier molecular flexibility index (Phi) is 8.34. The summed E-state index contributed by atoms with van der Waals surface area (Å²) in [6.07, 6.45) is 19.3. The molecule has 2 N–H and O–H groups in total. The number of allylic oxidation sites excluding steroid dienone is 7. The summed E-state index contributed by atoms with van der Waals surface area (Å²) in [5.74, 6) is 1.05. The van der Waals surface area contributed by atoms with Gasteiger partial charge in [-0.3, -0.25) is 0 Å². The minimum Gasteiger partial charge on any atom is -0.393 e. The van der Waals surface area contributed by atoms with Gasteiger partial charge in [-0.05, 0) is 86.2 Å². The molecule has 5 atom stereocenters. The number of halogens is 1. The molecule has 2 nitrogen and oxygen atoms in total. The molecule has 0 amide bonds. The van der Waals surface area contributed by atoms with Gasteiger partial charge in [-0.2, -0.15) is 0 Å². The van der Waals surface area contributed by atoms with E-state index in [2.05, 4.69) is 44.7 Å². The molecule has 2 saturated carbocycles. The van der Waals surface area contributed by atoms with Crippen LogP contribution in [-0.2, 0) is 0 Å². The third kappa shape index (κ3) is 5.34. The Labute approximate surface area is 200 Å². The Morgan fingerprint density at radius 3 is 2.72 bits per heavy atom. The van der Waals surface area contributed by atoms with E-state index in [0.717, 1.165) is 43.3 Å². The number of rotatable bonds is 7. The average molecular weight is 459 g/mol. The SMILES string of the molecule is C=C1C(=CC=C2CCCC3(C)C(C(C)CC=CC(O)(CC)CC)=CCC23)CC(O)CC1Cl. The van der Waals surface area contributed by atoms with Crippen molar-refractivity contribution in [2.24, 2.45) is 17.3 Å². The van der Waals surface area contributed by atoms with Gasteiger partial charge in [0.2, 0.25) is 0 Å². The van der Waals surface area contributed by atoms with Crippen molar-refractivity contribution < 1.29 is 10.2 Å². The zero-order valence-corrected chi connectivity index (χ0v) is 21.3. The molecule has 3 rings (SSSR count). The number of fused-ring (bicyclic) bond motifs is 1. The quantitative estimate of drug-likeness (QED) is 0.307. The van der Waals surface area contributed by atoms with Crippen LogP contribution in [-0.4, -0.2) is 27.3 Å². The van der Waals surface area contributed by atoms with Crippen molar-refractivity contribution >= 4 is 11.6 Å². The van der Waals surface area contributed by atoms with E-state index in [1.807, 2.05) is 19.9 Å². The average Bonchev–Trinajstić information content (AvgIpc) is 3.12. The second-order valence-electron chi connectivity index (χ2n) is 10.6. The van der Waals surface area contributed by atoms with Crippen molar-refractivity contribution in [3.05, 3.63) is 59.3 Å². The van der Waals surface area contributed by atoms with Crippen LogP contribution in [0, 0.1) is 17.3 Å². The predicted octanol–water partition coefficient (Wildman–Crippen LogP) is 7.43. The topological polar surface area (TPSA) is 40.5 Å². The Bertz CT molecular complexity index is 813. The summed E-state index contributed by atoms with van der Waals surface area (Å²) in [4.78, 5) is 0. The van der Waals surface area contributed by atoms with Crippen molar-refractivity contribution in [3.63, 3.8) is 0 Å². The van der Waals surface area contributed by atoms with Gasteiger partial charge >= 0.3 is 0 Å². The molecule has 0 radical (unpaired) electrons. The fourth-order valence-corrected chi connectivity index (χ4v) is 6.50. The maximum atomic E-state index is 10.6. The number of aliphatic hydroxyl groups excluding tert-OH is 1. The van der Waals surface area contributed by atoms with Crippen molar-refractivity contribution in [2.45, 2.75) is 103 Å². The van der Waals surface area contributed by atoms with E-state index in [-0.39, 0.29) is 16.9 Å². The predicted molar refractivity (Wildman–Crippen MR) is 137 cm³/mol. The first-order valence-electron chi connectivity index (χ1n) is 12.6. The molecule has 0 aromatic rings. The first kappa shape index (κ1) is 25.5. The molecule has 3 aliphatic rings. The largest absolute Gasteiger partial charge is 0.393 e. The Morgan fingerprint density at radius 2 is 2.03 bits per heavy atom. The molecule has 178 valence electrons. The van der Waals surface area contributed by atoms with E-state index in [1.165, 1.54) is 18.4 Å². The lowest BCUT2D eigenvalue weighted by Gasteiger charge is -2.42. The van der Waals surface area contributed by atoms with Crippen LogP contribution in [0.15, 0.2) is 59.3 Å². The van der Waals surface area contributed by atoms with Crippen LogP contribution in [0.3, 0.4) is 0 Å². The Balaban J connectivity index is 1.73. The third-order valence-corrected chi connectivity index (χ3v) is 8.95. The lowest BCUT2D eigenvalue weighted by atomic mass is 9.62. The molecule has 0 aliphatic heterocycles. The molecule has 3 aliphatic carbocycles. The normalized spacial score (nSPS) is 34.9. The maximum absolute atomic E-state index is 10.6. The Hall–Kier alpha value is -1.09. The van der Waals surface area contributed by atoms with Gasteiger partial charge in [-0.15, -0.1) is 11.6 Å². The molecule has 0 bridgehead atoms. The molecule has 3 heteroatoms. The van der Waals surface area contributed by atoms with Crippen LogP contribution >= 0.6 is 11.6 Å². The van der Waals surface area contributed by atoms with E-state index in [1.54, 1.807) is 5.57 Å². The van der Waals surface area contributed by atoms with Crippen molar-refractivity contribution in [3.8, 4) is 0 Å². The fourth-order valence-electron chi connectivity index (χ4n) is 6.15. The van der Waals surface area contributed by atoms with Gasteiger partial charge in [-0.25, -0.2) is 0 Å². The summed E-state index contributed by atoms with van der Waals surface area (Å²) >= 11 is 6.38. The lowest BCUT2D eigenvalue weighted by molar-refractivity contribution is 0.0824. The highest BCUT2D eigenvalue weighted by molar-refractivity contribution is 6.22. The van der Waals surface area contributed by atoms with Gasteiger partial charge in [0.15, 0.2) is 0 Å². The number of alkyl halides is 1. The molecule has 0 heterocycles. The standard InChI is InChI=1S/C29H43ClO2/c1-6-29(32,7-2)17-8-10-20(3)25-14-15-26-22(11-9-16-28(25,26)5)12-13-23-18-24(31)19-27(30)21(23)4/h8,12-14,17,20,24,26-27,31-32H,4,6-7,9-11,15-16,18-19H2,1-3,5H3. The maximum Gasteiger partial charge on any atom is 0.0822 e. The molecule has 0 aromatic carbocycles. The molecule has 0 saturated heterocycles.